The lowest BCUT2D eigenvalue weighted by molar-refractivity contribution is -0.152. The van der Waals surface area contributed by atoms with Gasteiger partial charge in [0.1, 0.15) is 28.9 Å². The number of ether oxygens (including phenoxy) is 3. The average Bonchev–Trinajstić information content (AvgIpc) is 3.72. The number of carbonyl (C=O) groups excluding carboxylic acids is 4. The molecular formula is C30H42N4O7. The number of benzene rings is 1. The highest BCUT2D eigenvalue weighted by Crippen LogP contribution is 2.28. The largest absolute Gasteiger partial charge is 0.465 e. The van der Waals surface area contributed by atoms with Crippen LogP contribution in [-0.4, -0.2) is 71.1 Å². The molecule has 2 atom stereocenters. The molecule has 1 fully saturated rings. The van der Waals surface area contributed by atoms with Crippen molar-refractivity contribution in [2.45, 2.75) is 91.3 Å². The summed E-state index contributed by atoms with van der Waals surface area (Å²) in [6.07, 6.45) is 2.42. The van der Waals surface area contributed by atoms with Crippen molar-refractivity contribution in [3.05, 3.63) is 29.5 Å². The van der Waals surface area contributed by atoms with Crippen LogP contribution in [0.1, 0.15) is 82.8 Å². The normalized spacial score (nSPS) is 14.7. The summed E-state index contributed by atoms with van der Waals surface area (Å²) in [6.45, 7) is 10.7. The highest BCUT2D eigenvalue weighted by molar-refractivity contribution is 6.11. The van der Waals surface area contributed by atoms with Gasteiger partial charge in [-0.25, -0.2) is 14.8 Å². The first-order chi connectivity index (χ1) is 19.4. The van der Waals surface area contributed by atoms with E-state index in [1.165, 1.54) is 0 Å². The topological polar surface area (TPSA) is 146 Å². The zero-order valence-electron chi connectivity index (χ0n) is 24.9. The summed E-state index contributed by atoms with van der Waals surface area (Å²) in [5, 5.41) is 5.86. The van der Waals surface area contributed by atoms with Crippen molar-refractivity contribution >= 4 is 40.5 Å². The van der Waals surface area contributed by atoms with E-state index in [4.69, 9.17) is 14.2 Å². The third-order valence-electron chi connectivity index (χ3n) is 6.35. The molecule has 0 aliphatic heterocycles. The molecule has 1 heterocycles. The number of aryl methyl sites for hydroxylation is 1. The number of unbranched alkanes of at least 4 members (excludes halogenated alkanes) is 1. The van der Waals surface area contributed by atoms with Crippen LogP contribution in [0.4, 0.5) is 10.6 Å². The Morgan fingerprint density at radius 2 is 1.83 bits per heavy atom. The molecule has 2 aromatic rings. The molecule has 1 amide bonds. The van der Waals surface area contributed by atoms with Crippen molar-refractivity contribution in [1.82, 2.24) is 15.3 Å². The molecule has 1 aromatic heterocycles. The number of carbonyl (C=O) groups is 4. The van der Waals surface area contributed by atoms with Gasteiger partial charge in [-0.2, -0.15) is 0 Å². The van der Waals surface area contributed by atoms with Crippen molar-refractivity contribution in [2.75, 3.05) is 25.1 Å². The monoisotopic (exact) mass is 570 g/mol. The van der Waals surface area contributed by atoms with Gasteiger partial charge in [-0.05, 0) is 66.0 Å². The number of nitrogens with zero attached hydrogens (tertiary/aromatic N) is 2. The third-order valence-corrected chi connectivity index (χ3v) is 6.35. The van der Waals surface area contributed by atoms with Crippen molar-refractivity contribution in [1.29, 1.82) is 0 Å². The Labute approximate surface area is 241 Å². The maximum absolute atomic E-state index is 13.7. The minimum Gasteiger partial charge on any atom is -0.465 e. The van der Waals surface area contributed by atoms with Gasteiger partial charge in [-0.1, -0.05) is 19.4 Å². The molecule has 0 saturated heterocycles. The molecule has 2 unspecified atom stereocenters. The molecular weight excluding hydrogens is 528 g/mol. The van der Waals surface area contributed by atoms with Crippen LogP contribution in [-0.2, 0) is 23.8 Å². The molecule has 11 nitrogen and oxygen atoms in total. The number of ketones is 2. The van der Waals surface area contributed by atoms with E-state index >= 15 is 0 Å². The van der Waals surface area contributed by atoms with Crippen LogP contribution in [0.15, 0.2) is 18.2 Å². The maximum atomic E-state index is 13.7. The number of para-hydroxylation sites is 1. The molecule has 1 aliphatic carbocycles. The number of fused-ring (bicyclic) bond motifs is 1. The van der Waals surface area contributed by atoms with Crippen LogP contribution < -0.4 is 10.6 Å². The fourth-order valence-corrected chi connectivity index (χ4v) is 4.12. The van der Waals surface area contributed by atoms with Crippen LogP contribution in [0.25, 0.3) is 11.0 Å². The molecule has 0 spiro atoms. The lowest BCUT2D eigenvalue weighted by Gasteiger charge is -2.25. The van der Waals surface area contributed by atoms with E-state index in [9.17, 15) is 19.2 Å². The lowest BCUT2D eigenvalue weighted by Crippen LogP contribution is -2.50. The molecule has 1 aliphatic rings. The fraction of sp³-hybridized carbons (Fsp3) is 0.600. The summed E-state index contributed by atoms with van der Waals surface area (Å²) in [6, 6.07) is 4.16. The van der Waals surface area contributed by atoms with Crippen LogP contribution >= 0.6 is 0 Å². The van der Waals surface area contributed by atoms with Gasteiger partial charge in [0.05, 0.1) is 24.4 Å². The molecule has 1 aromatic carbocycles. The molecule has 0 radical (unpaired) electrons. The number of alkyl carbamates (subject to hydrolysis) is 1. The number of esters is 1. The van der Waals surface area contributed by atoms with Gasteiger partial charge in [-0.15, -0.1) is 0 Å². The Bertz CT molecular complexity index is 1250. The van der Waals surface area contributed by atoms with Gasteiger partial charge < -0.3 is 24.8 Å². The van der Waals surface area contributed by atoms with Crippen molar-refractivity contribution in [3.63, 3.8) is 0 Å². The van der Waals surface area contributed by atoms with E-state index in [1.54, 1.807) is 45.9 Å². The van der Waals surface area contributed by atoms with Crippen LogP contribution in [0, 0.1) is 12.8 Å². The molecule has 3 rings (SSSR count). The SMILES string of the molecule is CCCCOCC(NC(=O)OC(C)(C)C)C(=O)C(CC(=O)c1cccc2nc(C)c(NC3CC3)nc12)C(=O)OCC. The first-order valence-corrected chi connectivity index (χ1v) is 14.3. The molecule has 0 bridgehead atoms. The number of anilines is 1. The van der Waals surface area contributed by atoms with Gasteiger partial charge in [0.25, 0.3) is 0 Å². The first-order valence-electron chi connectivity index (χ1n) is 14.3. The standard InChI is InChI=1S/C30H42N4O7/c1-7-9-15-39-17-23(33-29(38)41-30(4,5)6)26(36)21(28(37)40-8-2)16-24(35)20-11-10-12-22-25(20)34-27(18(3)31-22)32-19-13-14-19/h10-12,19,21,23H,7-9,13-17H2,1-6H3,(H,32,34)(H,33,38). The second-order valence-electron chi connectivity index (χ2n) is 11.2. The second-order valence-corrected chi connectivity index (χ2v) is 11.2. The van der Waals surface area contributed by atoms with Crippen LogP contribution in [0.5, 0.6) is 0 Å². The summed E-state index contributed by atoms with van der Waals surface area (Å²) in [5.41, 5.74) is 1.06. The molecule has 1 saturated carbocycles. The van der Waals surface area contributed by atoms with Gasteiger partial charge >= 0.3 is 12.1 Å². The summed E-state index contributed by atoms with van der Waals surface area (Å²) < 4.78 is 16.1. The number of Topliss-reactive ketones (excluding diaryl/α,β-unsaturated/α-hetero) is 2. The molecule has 41 heavy (non-hydrogen) atoms. The zero-order chi connectivity index (χ0) is 30.2. The van der Waals surface area contributed by atoms with Gasteiger partial charge in [0.2, 0.25) is 0 Å². The minimum atomic E-state index is -1.48. The Hall–Kier alpha value is -3.60. The van der Waals surface area contributed by atoms with E-state index in [0.717, 1.165) is 25.7 Å². The Morgan fingerprint density at radius 3 is 2.46 bits per heavy atom. The maximum Gasteiger partial charge on any atom is 0.408 e. The Kier molecular flexibility index (Phi) is 11.2. The van der Waals surface area contributed by atoms with E-state index in [1.807, 2.05) is 13.8 Å². The van der Waals surface area contributed by atoms with Gasteiger partial charge in [0, 0.05) is 24.6 Å². The number of hydrogen-bond acceptors (Lipinski definition) is 10. The quantitative estimate of drug-likeness (QED) is 0.135. The van der Waals surface area contributed by atoms with E-state index in [0.29, 0.717) is 35.2 Å². The van der Waals surface area contributed by atoms with Crippen molar-refractivity contribution in [2.24, 2.45) is 5.92 Å². The number of rotatable bonds is 15. The molecule has 224 valence electrons. The zero-order valence-corrected chi connectivity index (χ0v) is 24.9. The predicted molar refractivity (Wildman–Crippen MR) is 154 cm³/mol. The van der Waals surface area contributed by atoms with E-state index in [2.05, 4.69) is 20.6 Å². The number of nitrogens with one attached hydrogen (secondary N) is 2. The Balaban J connectivity index is 1.89. The number of hydrogen-bond donors (Lipinski definition) is 2. The first kappa shape index (κ1) is 31.9. The summed E-state index contributed by atoms with van der Waals surface area (Å²) >= 11 is 0. The number of aromatic nitrogens is 2. The van der Waals surface area contributed by atoms with Gasteiger partial charge in [-0.3, -0.25) is 14.4 Å². The van der Waals surface area contributed by atoms with Gasteiger partial charge in [0.15, 0.2) is 11.6 Å². The Morgan fingerprint density at radius 1 is 1.10 bits per heavy atom. The highest BCUT2D eigenvalue weighted by Gasteiger charge is 2.37. The fourth-order valence-electron chi connectivity index (χ4n) is 4.12. The molecule has 2 N–H and O–H groups in total. The van der Waals surface area contributed by atoms with Crippen LogP contribution in [0.2, 0.25) is 0 Å². The van der Waals surface area contributed by atoms with Crippen molar-refractivity contribution in [3.8, 4) is 0 Å². The number of amides is 1. The highest BCUT2D eigenvalue weighted by atomic mass is 16.6. The molecule has 11 heteroatoms. The summed E-state index contributed by atoms with van der Waals surface area (Å²) in [7, 11) is 0. The second kappa shape index (κ2) is 14.3. The summed E-state index contributed by atoms with van der Waals surface area (Å²) in [5.74, 6) is -2.90. The average molecular weight is 571 g/mol. The minimum absolute atomic E-state index is 0.0170. The lowest BCUT2D eigenvalue weighted by atomic mass is 9.90. The van der Waals surface area contributed by atoms with Crippen molar-refractivity contribution < 1.29 is 33.4 Å². The third kappa shape index (κ3) is 9.48. The smallest absolute Gasteiger partial charge is 0.408 e. The van der Waals surface area contributed by atoms with Crippen LogP contribution in [0.3, 0.4) is 0 Å². The van der Waals surface area contributed by atoms with E-state index in [-0.39, 0.29) is 18.8 Å². The summed E-state index contributed by atoms with van der Waals surface area (Å²) in [4.78, 5) is 62.3. The predicted octanol–water partition coefficient (Wildman–Crippen LogP) is 4.54. The van der Waals surface area contributed by atoms with E-state index < -0.39 is 47.6 Å².